The van der Waals surface area contributed by atoms with Crippen molar-refractivity contribution in [3.63, 3.8) is 0 Å². The number of carbonyl (C=O) groups is 1. The number of aliphatic hydroxyl groups excluding tert-OH is 1. The molecular weight excluding hydrogens is 261 g/mol. The molecule has 1 aliphatic heterocycles. The van der Waals surface area contributed by atoms with E-state index in [-0.39, 0.29) is 12.6 Å². The van der Waals surface area contributed by atoms with Gasteiger partial charge in [0.05, 0.1) is 13.0 Å². The third kappa shape index (κ3) is 5.36. The van der Waals surface area contributed by atoms with Crippen LogP contribution in [-0.2, 0) is 4.79 Å². The van der Waals surface area contributed by atoms with Gasteiger partial charge in [0.25, 0.3) is 0 Å². The van der Waals surface area contributed by atoms with Gasteiger partial charge in [0, 0.05) is 38.6 Å². The first-order valence-corrected chi connectivity index (χ1v) is 6.56. The molecule has 0 aromatic heterocycles. The van der Waals surface area contributed by atoms with Crippen LogP contribution in [0.5, 0.6) is 0 Å². The van der Waals surface area contributed by atoms with Crippen molar-refractivity contribution in [2.45, 2.75) is 38.4 Å². The second-order valence-electron chi connectivity index (χ2n) is 4.78. The van der Waals surface area contributed by atoms with Crippen LogP contribution in [-0.4, -0.2) is 65.8 Å². The number of piperazine rings is 1. The topological polar surface area (TPSA) is 43.8 Å². The molecule has 7 heteroatoms. The van der Waals surface area contributed by atoms with Crippen molar-refractivity contribution in [3.05, 3.63) is 0 Å². The highest BCUT2D eigenvalue weighted by molar-refractivity contribution is 5.76. The van der Waals surface area contributed by atoms with Crippen LogP contribution < -0.4 is 0 Å². The number of hydrogen-bond donors (Lipinski definition) is 1. The van der Waals surface area contributed by atoms with Crippen LogP contribution in [0.25, 0.3) is 0 Å². The molecule has 1 N–H and O–H groups in total. The van der Waals surface area contributed by atoms with E-state index in [4.69, 9.17) is 0 Å². The Morgan fingerprint density at radius 3 is 2.26 bits per heavy atom. The molecular formula is C12H21F3N2O2. The summed E-state index contributed by atoms with van der Waals surface area (Å²) in [5.41, 5.74) is 0. The number of aliphatic hydroxyl groups is 1. The molecule has 1 fully saturated rings. The van der Waals surface area contributed by atoms with Gasteiger partial charge in [-0.1, -0.05) is 6.92 Å². The van der Waals surface area contributed by atoms with Crippen molar-refractivity contribution in [1.82, 2.24) is 9.80 Å². The summed E-state index contributed by atoms with van der Waals surface area (Å²) in [4.78, 5) is 15.2. The molecule has 1 aliphatic rings. The van der Waals surface area contributed by atoms with Crippen LogP contribution in [0.15, 0.2) is 0 Å². The highest BCUT2D eigenvalue weighted by Crippen LogP contribution is 2.22. The number of hydrogen-bond acceptors (Lipinski definition) is 3. The first-order valence-electron chi connectivity index (χ1n) is 6.56. The molecule has 1 unspecified atom stereocenters. The summed E-state index contributed by atoms with van der Waals surface area (Å²) in [6, 6.07) is 0.0763. The largest absolute Gasteiger partial charge is 0.395 e. The number of nitrogens with zero attached hydrogens (tertiary/aromatic N) is 2. The van der Waals surface area contributed by atoms with Gasteiger partial charge in [0.1, 0.15) is 0 Å². The normalized spacial score (nSPS) is 19.5. The third-order valence-electron chi connectivity index (χ3n) is 3.49. The lowest BCUT2D eigenvalue weighted by atomic mass is 10.1. The lowest BCUT2D eigenvalue weighted by Gasteiger charge is -2.38. The molecule has 1 atom stereocenters. The molecule has 0 aromatic carbocycles. The second kappa shape index (κ2) is 7.09. The molecule has 19 heavy (non-hydrogen) atoms. The standard InChI is InChI=1S/C12H21F3N2O2/c1-2-10(9-18)16-5-7-17(8-6-16)11(19)3-4-12(13,14)15/h10,18H,2-9H2,1H3. The Balaban J connectivity index is 2.35. The maximum atomic E-state index is 12.0. The van der Waals surface area contributed by atoms with Crippen LogP contribution in [0.4, 0.5) is 13.2 Å². The van der Waals surface area contributed by atoms with E-state index in [2.05, 4.69) is 4.90 Å². The van der Waals surface area contributed by atoms with Crippen LogP contribution in [0.2, 0.25) is 0 Å². The van der Waals surface area contributed by atoms with Crippen molar-refractivity contribution in [3.8, 4) is 0 Å². The Bertz CT molecular complexity index is 285. The molecule has 0 spiro atoms. The van der Waals surface area contributed by atoms with Crippen molar-refractivity contribution in [1.29, 1.82) is 0 Å². The summed E-state index contributed by atoms with van der Waals surface area (Å²) in [5, 5.41) is 9.18. The molecule has 1 saturated heterocycles. The van der Waals surface area contributed by atoms with Crippen molar-refractivity contribution >= 4 is 5.91 Å². The maximum absolute atomic E-state index is 12.0. The average molecular weight is 282 g/mol. The highest BCUT2D eigenvalue weighted by Gasteiger charge is 2.30. The fourth-order valence-electron chi connectivity index (χ4n) is 2.25. The summed E-state index contributed by atoms with van der Waals surface area (Å²) in [6.07, 6.45) is -4.98. The monoisotopic (exact) mass is 282 g/mol. The quantitative estimate of drug-likeness (QED) is 0.825. The predicted octanol–water partition coefficient (Wildman–Crippen LogP) is 1.24. The Morgan fingerprint density at radius 2 is 1.84 bits per heavy atom. The van der Waals surface area contributed by atoms with Gasteiger partial charge < -0.3 is 10.0 Å². The fraction of sp³-hybridized carbons (Fsp3) is 0.917. The van der Waals surface area contributed by atoms with Gasteiger partial charge in [-0.25, -0.2) is 0 Å². The van der Waals surface area contributed by atoms with Gasteiger partial charge in [0.2, 0.25) is 5.91 Å². The molecule has 1 heterocycles. The number of halogens is 3. The van der Waals surface area contributed by atoms with Gasteiger partial charge in [-0.05, 0) is 6.42 Å². The first kappa shape index (κ1) is 16.2. The summed E-state index contributed by atoms with van der Waals surface area (Å²) in [7, 11) is 0. The minimum absolute atomic E-state index is 0.0680. The SMILES string of the molecule is CCC(CO)N1CCN(C(=O)CCC(F)(F)F)CC1. The molecule has 4 nitrogen and oxygen atoms in total. The molecule has 112 valence electrons. The van der Waals surface area contributed by atoms with Crippen molar-refractivity contribution in [2.24, 2.45) is 0 Å². The van der Waals surface area contributed by atoms with Crippen molar-refractivity contribution in [2.75, 3.05) is 32.8 Å². The zero-order valence-electron chi connectivity index (χ0n) is 11.1. The second-order valence-corrected chi connectivity index (χ2v) is 4.78. The van der Waals surface area contributed by atoms with E-state index >= 15 is 0 Å². The van der Waals surface area contributed by atoms with E-state index in [0.29, 0.717) is 26.2 Å². The number of carbonyl (C=O) groups excluding carboxylic acids is 1. The third-order valence-corrected chi connectivity index (χ3v) is 3.49. The fourth-order valence-corrected chi connectivity index (χ4v) is 2.25. The van der Waals surface area contributed by atoms with E-state index in [1.807, 2.05) is 6.92 Å². The molecule has 0 bridgehead atoms. The van der Waals surface area contributed by atoms with E-state index in [9.17, 15) is 23.1 Å². The summed E-state index contributed by atoms with van der Waals surface area (Å²) >= 11 is 0. The van der Waals surface area contributed by atoms with Gasteiger partial charge in [-0.2, -0.15) is 13.2 Å². The molecule has 0 saturated carbocycles. The number of rotatable bonds is 5. The van der Waals surface area contributed by atoms with Crippen molar-refractivity contribution < 1.29 is 23.1 Å². The van der Waals surface area contributed by atoms with E-state index in [1.54, 1.807) is 0 Å². The average Bonchev–Trinajstić information content (AvgIpc) is 2.37. The molecule has 0 radical (unpaired) electrons. The lowest BCUT2D eigenvalue weighted by Crippen LogP contribution is -2.52. The zero-order chi connectivity index (χ0) is 14.5. The highest BCUT2D eigenvalue weighted by atomic mass is 19.4. The maximum Gasteiger partial charge on any atom is 0.389 e. The summed E-state index contributed by atoms with van der Waals surface area (Å²) < 4.78 is 36.1. The molecule has 1 amide bonds. The lowest BCUT2D eigenvalue weighted by molar-refractivity contribution is -0.150. The predicted molar refractivity (Wildman–Crippen MR) is 64.6 cm³/mol. The Labute approximate surface area is 111 Å². The van der Waals surface area contributed by atoms with E-state index < -0.39 is 24.9 Å². The zero-order valence-corrected chi connectivity index (χ0v) is 11.1. The molecule has 0 aromatic rings. The van der Waals surface area contributed by atoms with Gasteiger partial charge in [-0.3, -0.25) is 9.69 Å². The molecule has 0 aliphatic carbocycles. The Morgan fingerprint density at radius 1 is 1.26 bits per heavy atom. The van der Waals surface area contributed by atoms with E-state index in [0.717, 1.165) is 6.42 Å². The van der Waals surface area contributed by atoms with Gasteiger partial charge in [0.15, 0.2) is 0 Å². The van der Waals surface area contributed by atoms with Crippen LogP contribution >= 0.6 is 0 Å². The number of amides is 1. The van der Waals surface area contributed by atoms with E-state index in [1.165, 1.54) is 4.90 Å². The minimum atomic E-state index is -4.28. The Hall–Kier alpha value is -0.820. The first-order chi connectivity index (χ1) is 8.87. The molecule has 1 rings (SSSR count). The van der Waals surface area contributed by atoms with Gasteiger partial charge in [-0.15, -0.1) is 0 Å². The summed E-state index contributed by atoms with van der Waals surface area (Å²) in [5.74, 6) is -0.436. The number of alkyl halides is 3. The smallest absolute Gasteiger partial charge is 0.389 e. The van der Waals surface area contributed by atoms with Crippen LogP contribution in [0, 0.1) is 0 Å². The minimum Gasteiger partial charge on any atom is -0.395 e. The van der Waals surface area contributed by atoms with Gasteiger partial charge >= 0.3 is 6.18 Å². The Kier molecular flexibility index (Phi) is 6.06. The van der Waals surface area contributed by atoms with Crippen LogP contribution in [0.1, 0.15) is 26.2 Å². The summed E-state index contributed by atoms with van der Waals surface area (Å²) in [6.45, 7) is 4.13. The van der Waals surface area contributed by atoms with Crippen LogP contribution in [0.3, 0.4) is 0 Å².